The van der Waals surface area contributed by atoms with E-state index < -0.39 is 12.1 Å². The van der Waals surface area contributed by atoms with E-state index >= 15 is 0 Å². The highest BCUT2D eigenvalue weighted by molar-refractivity contribution is 5.72. The lowest BCUT2D eigenvalue weighted by molar-refractivity contribution is -0.148. The fourth-order valence-electron chi connectivity index (χ4n) is 1.15. The molecule has 0 heterocycles. The van der Waals surface area contributed by atoms with Gasteiger partial charge in [0.25, 0.3) is 0 Å². The number of hydrogen-bond acceptors (Lipinski definition) is 2. The van der Waals surface area contributed by atoms with Crippen molar-refractivity contribution in [2.45, 2.75) is 12.5 Å². The third-order valence-corrected chi connectivity index (χ3v) is 1.87. The minimum absolute atomic E-state index is 0.170. The van der Waals surface area contributed by atoms with Crippen LogP contribution in [-0.2, 0) is 16.0 Å². The van der Waals surface area contributed by atoms with E-state index in [1.165, 1.54) is 19.2 Å². The highest BCUT2D eigenvalue weighted by atomic mass is 19.1. The van der Waals surface area contributed by atoms with E-state index in [0.717, 1.165) is 0 Å². The number of carboxylic acid groups (broad SMARTS) is 1. The summed E-state index contributed by atoms with van der Waals surface area (Å²) in [6.07, 6.45) is -0.749. The molecule has 1 aromatic rings. The van der Waals surface area contributed by atoms with Crippen molar-refractivity contribution in [3.8, 4) is 0 Å². The van der Waals surface area contributed by atoms with E-state index in [-0.39, 0.29) is 12.2 Å². The Hall–Kier alpha value is -1.42. The number of carboxylic acids is 1. The molecule has 0 aliphatic heterocycles. The van der Waals surface area contributed by atoms with E-state index in [1.54, 1.807) is 12.1 Å². The summed E-state index contributed by atoms with van der Waals surface area (Å²) in [4.78, 5) is 10.6. The van der Waals surface area contributed by atoms with Crippen LogP contribution in [0, 0.1) is 5.82 Å². The smallest absolute Gasteiger partial charge is 0.333 e. The molecule has 0 saturated carbocycles. The molecule has 0 aromatic heterocycles. The molecule has 0 radical (unpaired) electrons. The molecule has 0 saturated heterocycles. The predicted octanol–water partition coefficient (Wildman–Crippen LogP) is 1.47. The zero-order valence-electron chi connectivity index (χ0n) is 7.74. The Bertz CT molecular complexity index is 325. The number of aliphatic carboxylic acids is 1. The van der Waals surface area contributed by atoms with E-state index in [4.69, 9.17) is 9.84 Å². The molecule has 1 unspecified atom stereocenters. The summed E-state index contributed by atoms with van der Waals surface area (Å²) in [6, 6.07) is 5.82. The number of ether oxygens (including phenoxy) is 1. The molecule has 1 atom stereocenters. The first-order valence-corrected chi connectivity index (χ1v) is 4.13. The standard InChI is InChI=1S/C10H11FO3/c1-14-9(10(12)13)6-7-3-2-4-8(11)5-7/h2-5,9H,6H2,1H3,(H,12,13). The lowest BCUT2D eigenvalue weighted by Gasteiger charge is -2.09. The van der Waals surface area contributed by atoms with E-state index in [2.05, 4.69) is 0 Å². The molecule has 0 bridgehead atoms. The largest absolute Gasteiger partial charge is 0.479 e. The Morgan fingerprint density at radius 1 is 1.64 bits per heavy atom. The number of benzene rings is 1. The maximum absolute atomic E-state index is 12.7. The first-order chi connectivity index (χ1) is 6.63. The molecule has 0 amide bonds. The van der Waals surface area contributed by atoms with Crippen LogP contribution in [0.15, 0.2) is 24.3 Å². The van der Waals surface area contributed by atoms with Crippen molar-refractivity contribution in [1.82, 2.24) is 0 Å². The molecule has 1 aromatic carbocycles. The Morgan fingerprint density at radius 3 is 2.86 bits per heavy atom. The fourth-order valence-corrected chi connectivity index (χ4v) is 1.15. The Morgan fingerprint density at radius 2 is 2.36 bits per heavy atom. The molecule has 3 nitrogen and oxygen atoms in total. The summed E-state index contributed by atoms with van der Waals surface area (Å²) < 4.78 is 17.5. The molecule has 76 valence electrons. The van der Waals surface area contributed by atoms with E-state index in [0.29, 0.717) is 5.56 Å². The van der Waals surface area contributed by atoms with Crippen LogP contribution < -0.4 is 0 Å². The van der Waals surface area contributed by atoms with Crippen LogP contribution in [0.2, 0.25) is 0 Å². The maximum Gasteiger partial charge on any atom is 0.333 e. The minimum atomic E-state index is -1.04. The molecule has 14 heavy (non-hydrogen) atoms. The topological polar surface area (TPSA) is 46.5 Å². The monoisotopic (exact) mass is 198 g/mol. The van der Waals surface area contributed by atoms with Gasteiger partial charge in [-0.3, -0.25) is 0 Å². The van der Waals surface area contributed by atoms with Gasteiger partial charge in [0.1, 0.15) is 5.82 Å². The third kappa shape index (κ3) is 2.81. The van der Waals surface area contributed by atoms with Gasteiger partial charge < -0.3 is 9.84 Å². The van der Waals surface area contributed by atoms with Crippen LogP contribution in [-0.4, -0.2) is 24.3 Å². The van der Waals surface area contributed by atoms with Gasteiger partial charge in [0.15, 0.2) is 6.10 Å². The Balaban J connectivity index is 2.72. The third-order valence-electron chi connectivity index (χ3n) is 1.87. The van der Waals surface area contributed by atoms with Gasteiger partial charge >= 0.3 is 5.97 Å². The molecule has 0 fully saturated rings. The zero-order valence-corrected chi connectivity index (χ0v) is 7.74. The van der Waals surface area contributed by atoms with Gasteiger partial charge in [0, 0.05) is 13.5 Å². The summed E-state index contributed by atoms with van der Waals surface area (Å²) in [5.41, 5.74) is 0.610. The van der Waals surface area contributed by atoms with Crippen LogP contribution >= 0.6 is 0 Å². The predicted molar refractivity (Wildman–Crippen MR) is 48.5 cm³/mol. The zero-order chi connectivity index (χ0) is 10.6. The molecular weight excluding hydrogens is 187 g/mol. The van der Waals surface area contributed by atoms with Gasteiger partial charge in [0.05, 0.1) is 0 Å². The second-order valence-corrected chi connectivity index (χ2v) is 2.90. The molecule has 0 aliphatic carbocycles. The highest BCUT2D eigenvalue weighted by Gasteiger charge is 2.16. The van der Waals surface area contributed by atoms with Crippen LogP contribution in [0.3, 0.4) is 0 Å². The SMILES string of the molecule is COC(Cc1cccc(F)c1)C(=O)O. The molecule has 1 N–H and O–H groups in total. The molecule has 4 heteroatoms. The lowest BCUT2D eigenvalue weighted by Crippen LogP contribution is -2.24. The summed E-state index contributed by atoms with van der Waals surface area (Å²) >= 11 is 0. The highest BCUT2D eigenvalue weighted by Crippen LogP contribution is 2.08. The van der Waals surface area contributed by atoms with E-state index in [9.17, 15) is 9.18 Å². The molecule has 0 aliphatic rings. The van der Waals surface area contributed by atoms with Gasteiger partial charge in [0.2, 0.25) is 0 Å². The Labute approximate surface area is 81.1 Å². The molecule has 0 spiro atoms. The van der Waals surface area contributed by atoms with Crippen molar-refractivity contribution in [3.05, 3.63) is 35.6 Å². The Kier molecular flexibility index (Phi) is 3.59. The maximum atomic E-state index is 12.7. The summed E-state index contributed by atoms with van der Waals surface area (Å²) in [5, 5.41) is 8.69. The van der Waals surface area contributed by atoms with Gasteiger partial charge in [-0.15, -0.1) is 0 Å². The van der Waals surface area contributed by atoms with Gasteiger partial charge in [-0.2, -0.15) is 0 Å². The van der Waals surface area contributed by atoms with Crippen LogP contribution in [0.4, 0.5) is 4.39 Å². The van der Waals surface area contributed by atoms with Crippen molar-refractivity contribution in [2.24, 2.45) is 0 Å². The summed E-state index contributed by atoms with van der Waals surface area (Å²) in [5.74, 6) is -1.42. The fraction of sp³-hybridized carbons (Fsp3) is 0.300. The minimum Gasteiger partial charge on any atom is -0.479 e. The van der Waals surface area contributed by atoms with Crippen molar-refractivity contribution < 1.29 is 19.0 Å². The summed E-state index contributed by atoms with van der Waals surface area (Å²) in [7, 11) is 1.32. The number of halogens is 1. The average Bonchev–Trinajstić information content (AvgIpc) is 2.14. The average molecular weight is 198 g/mol. The number of rotatable bonds is 4. The van der Waals surface area contributed by atoms with Crippen LogP contribution in [0.25, 0.3) is 0 Å². The van der Waals surface area contributed by atoms with Crippen molar-refractivity contribution >= 4 is 5.97 Å². The van der Waals surface area contributed by atoms with E-state index in [1.807, 2.05) is 0 Å². The quantitative estimate of drug-likeness (QED) is 0.796. The van der Waals surface area contributed by atoms with Gasteiger partial charge in [-0.1, -0.05) is 12.1 Å². The molecular formula is C10H11FO3. The molecule has 1 rings (SSSR count). The van der Waals surface area contributed by atoms with Gasteiger partial charge in [-0.25, -0.2) is 9.18 Å². The number of methoxy groups -OCH3 is 1. The van der Waals surface area contributed by atoms with Crippen molar-refractivity contribution in [2.75, 3.05) is 7.11 Å². The normalized spacial score (nSPS) is 12.4. The lowest BCUT2D eigenvalue weighted by atomic mass is 10.1. The first-order valence-electron chi connectivity index (χ1n) is 4.13. The van der Waals surface area contributed by atoms with Crippen LogP contribution in [0.1, 0.15) is 5.56 Å². The summed E-state index contributed by atoms with van der Waals surface area (Å²) in [6.45, 7) is 0. The van der Waals surface area contributed by atoms with Crippen LogP contribution in [0.5, 0.6) is 0 Å². The number of hydrogen-bond donors (Lipinski definition) is 1. The second kappa shape index (κ2) is 4.72. The van der Waals surface area contributed by atoms with Crippen molar-refractivity contribution in [1.29, 1.82) is 0 Å². The first kappa shape index (κ1) is 10.7. The van der Waals surface area contributed by atoms with Gasteiger partial charge in [-0.05, 0) is 17.7 Å². The number of carbonyl (C=O) groups is 1. The van der Waals surface area contributed by atoms with Crippen molar-refractivity contribution in [3.63, 3.8) is 0 Å². The second-order valence-electron chi connectivity index (χ2n) is 2.90.